The van der Waals surface area contributed by atoms with Crippen molar-refractivity contribution in [2.75, 3.05) is 0 Å². The van der Waals surface area contributed by atoms with Crippen LogP contribution in [0.3, 0.4) is 0 Å². The number of hydrogen-bond donors (Lipinski definition) is 1. The highest BCUT2D eigenvalue weighted by Crippen LogP contribution is 2.43. The summed E-state index contributed by atoms with van der Waals surface area (Å²) in [6.07, 6.45) is 0. The third kappa shape index (κ3) is 4.79. The van der Waals surface area contributed by atoms with Crippen LogP contribution < -0.4 is 9.61 Å². The summed E-state index contributed by atoms with van der Waals surface area (Å²) in [4.78, 5) is 44.3. The minimum absolute atomic E-state index is 0.0231. The third-order valence-electron chi connectivity index (χ3n) is 6.56. The monoisotopic (exact) mass is 590 g/mol. The molecule has 212 valence electrons. The minimum atomic E-state index is -4.89. The van der Waals surface area contributed by atoms with Gasteiger partial charge in [-0.15, -0.1) is 0 Å². The first kappa shape index (κ1) is 27.9. The molecule has 1 heterocycles. The van der Waals surface area contributed by atoms with E-state index in [1.807, 2.05) is 0 Å². The standard InChI is InChI=1S/C28H18N2O11S/c1-14-9-19-24(12-22(14)31)40-25-13-23(15(2)10-20(25)27(19)17-5-3-4-6-18(17)28(32)33)41-42(38,39)26-8-7-16(29(34)35)11-21(26)30(36)37/h3-13H,1-2H3,(H,32,33). The number of fused-ring (bicyclic) bond motifs is 2. The molecular weight excluding hydrogens is 572 g/mol. The van der Waals surface area contributed by atoms with E-state index in [9.17, 15) is 43.3 Å². The van der Waals surface area contributed by atoms with Crippen molar-refractivity contribution >= 4 is 38.4 Å². The van der Waals surface area contributed by atoms with Gasteiger partial charge in [-0.1, -0.05) is 18.2 Å². The zero-order valence-corrected chi connectivity index (χ0v) is 22.5. The molecule has 0 bridgehead atoms. The van der Waals surface area contributed by atoms with E-state index >= 15 is 0 Å². The number of carboxylic acids is 1. The van der Waals surface area contributed by atoms with Crippen molar-refractivity contribution in [1.82, 2.24) is 0 Å². The Hall–Kier alpha value is -5.63. The average Bonchev–Trinajstić information content (AvgIpc) is 2.93. The number of benzene rings is 4. The van der Waals surface area contributed by atoms with Gasteiger partial charge in [0, 0.05) is 34.7 Å². The van der Waals surface area contributed by atoms with E-state index in [0.717, 1.165) is 6.07 Å². The van der Waals surface area contributed by atoms with Crippen LogP contribution in [0.4, 0.5) is 11.4 Å². The number of rotatable bonds is 7. The summed E-state index contributed by atoms with van der Waals surface area (Å²) in [6.45, 7) is 3.10. The van der Waals surface area contributed by atoms with E-state index in [2.05, 4.69) is 0 Å². The van der Waals surface area contributed by atoms with Crippen molar-refractivity contribution in [3.63, 3.8) is 0 Å². The molecule has 1 aliphatic heterocycles. The lowest BCUT2D eigenvalue weighted by Gasteiger charge is -2.18. The van der Waals surface area contributed by atoms with Gasteiger partial charge >= 0.3 is 16.1 Å². The first-order valence-electron chi connectivity index (χ1n) is 12.0. The van der Waals surface area contributed by atoms with Gasteiger partial charge in [-0.3, -0.25) is 25.0 Å². The highest BCUT2D eigenvalue weighted by Gasteiger charge is 2.31. The normalized spacial score (nSPS) is 11.5. The van der Waals surface area contributed by atoms with E-state index in [1.165, 1.54) is 31.2 Å². The lowest BCUT2D eigenvalue weighted by molar-refractivity contribution is -0.396. The molecule has 0 radical (unpaired) electrons. The van der Waals surface area contributed by atoms with Crippen molar-refractivity contribution in [3.8, 4) is 28.2 Å². The molecule has 5 rings (SSSR count). The van der Waals surface area contributed by atoms with E-state index < -0.39 is 42.2 Å². The predicted octanol–water partition coefficient (Wildman–Crippen LogP) is 5.46. The molecule has 2 aliphatic rings. The number of carboxylic acid groups (broad SMARTS) is 1. The maximum Gasteiger partial charge on any atom is 0.346 e. The molecule has 0 unspecified atom stereocenters. The molecule has 1 N–H and O–H groups in total. The molecule has 0 amide bonds. The SMILES string of the molecule is Cc1cc2c(-c3ccccc3C(=O)O)c3cc(C)c(=O)cc-3oc2cc1OS(=O)(=O)c1ccc([N+](=O)[O-])cc1[N+](=O)[O-]. The van der Waals surface area contributed by atoms with Crippen LogP contribution in [0, 0.1) is 34.1 Å². The van der Waals surface area contributed by atoms with Crippen molar-refractivity contribution in [2.45, 2.75) is 18.7 Å². The highest BCUT2D eigenvalue weighted by molar-refractivity contribution is 7.87. The zero-order valence-electron chi connectivity index (χ0n) is 21.7. The number of aromatic carboxylic acids is 1. The number of nitro groups is 2. The van der Waals surface area contributed by atoms with Crippen LogP contribution in [0.1, 0.15) is 21.5 Å². The molecular formula is C28H18N2O11S. The second-order valence-corrected chi connectivity index (χ2v) is 10.8. The minimum Gasteiger partial charge on any atom is -0.478 e. The second-order valence-electron chi connectivity index (χ2n) is 9.26. The first-order valence-corrected chi connectivity index (χ1v) is 13.4. The fraction of sp³-hybridized carbons (Fsp3) is 0.0714. The quantitative estimate of drug-likeness (QED) is 0.109. The molecule has 3 aromatic rings. The van der Waals surface area contributed by atoms with Gasteiger partial charge in [0.1, 0.15) is 17.1 Å². The van der Waals surface area contributed by atoms with Crippen LogP contribution in [0.2, 0.25) is 0 Å². The number of nitrogens with zero attached hydrogens (tertiary/aromatic N) is 2. The van der Waals surface area contributed by atoms with E-state index in [-0.39, 0.29) is 33.6 Å². The molecule has 0 atom stereocenters. The van der Waals surface area contributed by atoms with Gasteiger partial charge in [0.15, 0.2) is 10.3 Å². The van der Waals surface area contributed by atoms with E-state index in [4.69, 9.17) is 8.60 Å². The molecule has 0 fully saturated rings. The number of carbonyl (C=O) groups is 1. The summed E-state index contributed by atoms with van der Waals surface area (Å²) in [5.41, 5.74) is -0.298. The summed E-state index contributed by atoms with van der Waals surface area (Å²) in [6, 6.07) is 13.7. The summed E-state index contributed by atoms with van der Waals surface area (Å²) in [5, 5.41) is 32.8. The maximum atomic E-state index is 13.2. The van der Waals surface area contributed by atoms with Crippen molar-refractivity contribution in [3.05, 3.63) is 114 Å². The van der Waals surface area contributed by atoms with Gasteiger partial charge in [0.2, 0.25) is 0 Å². The smallest absolute Gasteiger partial charge is 0.346 e. The summed E-state index contributed by atoms with van der Waals surface area (Å²) in [7, 11) is -4.89. The van der Waals surface area contributed by atoms with Gasteiger partial charge < -0.3 is 13.7 Å². The van der Waals surface area contributed by atoms with Crippen molar-refractivity contribution in [2.24, 2.45) is 0 Å². The van der Waals surface area contributed by atoms with Gasteiger partial charge in [0.05, 0.1) is 21.5 Å². The molecule has 13 nitrogen and oxygen atoms in total. The topological polar surface area (TPSA) is 197 Å². The lowest BCUT2D eigenvalue weighted by Crippen LogP contribution is -2.13. The Kier molecular flexibility index (Phi) is 6.70. The molecule has 0 spiro atoms. The fourth-order valence-corrected chi connectivity index (χ4v) is 5.70. The number of nitro benzene ring substituents is 2. The molecule has 0 saturated heterocycles. The number of hydrogen-bond acceptors (Lipinski definition) is 10. The van der Waals surface area contributed by atoms with Crippen LogP contribution in [-0.2, 0) is 10.1 Å². The van der Waals surface area contributed by atoms with Crippen LogP contribution in [-0.4, -0.2) is 29.3 Å². The molecule has 1 aliphatic carbocycles. The molecule has 0 aromatic heterocycles. The van der Waals surface area contributed by atoms with E-state index in [1.54, 1.807) is 31.2 Å². The molecule has 0 saturated carbocycles. The van der Waals surface area contributed by atoms with Crippen LogP contribution in [0.25, 0.3) is 33.4 Å². The Bertz CT molecular complexity index is 2120. The second kappa shape index (κ2) is 10.1. The van der Waals surface area contributed by atoms with E-state index in [0.29, 0.717) is 39.8 Å². The molecule has 14 heteroatoms. The Balaban J connectivity index is 1.75. The average molecular weight is 591 g/mol. The summed E-state index contributed by atoms with van der Waals surface area (Å²) >= 11 is 0. The summed E-state index contributed by atoms with van der Waals surface area (Å²) < 4.78 is 37.6. The largest absolute Gasteiger partial charge is 0.478 e. The maximum absolute atomic E-state index is 13.2. The lowest BCUT2D eigenvalue weighted by atomic mass is 9.89. The van der Waals surface area contributed by atoms with Gasteiger partial charge in [-0.2, -0.15) is 8.42 Å². The van der Waals surface area contributed by atoms with Crippen molar-refractivity contribution < 1.29 is 36.8 Å². The van der Waals surface area contributed by atoms with Gasteiger partial charge in [-0.05, 0) is 54.8 Å². The highest BCUT2D eigenvalue weighted by atomic mass is 32.2. The Morgan fingerprint density at radius 2 is 1.62 bits per heavy atom. The predicted molar refractivity (Wildman–Crippen MR) is 149 cm³/mol. The summed E-state index contributed by atoms with van der Waals surface area (Å²) in [5.74, 6) is -1.39. The van der Waals surface area contributed by atoms with Crippen LogP contribution in [0.15, 0.2) is 80.8 Å². The third-order valence-corrected chi connectivity index (χ3v) is 7.84. The van der Waals surface area contributed by atoms with Crippen molar-refractivity contribution in [1.29, 1.82) is 0 Å². The van der Waals surface area contributed by atoms with Crippen LogP contribution >= 0.6 is 0 Å². The molecule has 42 heavy (non-hydrogen) atoms. The molecule has 3 aromatic carbocycles. The van der Waals surface area contributed by atoms with Crippen LogP contribution in [0.5, 0.6) is 5.75 Å². The first-order chi connectivity index (χ1) is 19.8. The van der Waals surface area contributed by atoms with Gasteiger partial charge in [0.25, 0.3) is 11.4 Å². The Labute approximate surface area is 236 Å². The Morgan fingerprint density at radius 3 is 2.29 bits per heavy atom. The Morgan fingerprint density at radius 1 is 0.905 bits per heavy atom. The fourth-order valence-electron chi connectivity index (χ4n) is 4.57. The number of aryl methyl sites for hydroxylation is 2. The van der Waals surface area contributed by atoms with Gasteiger partial charge in [-0.25, -0.2) is 4.79 Å². The number of non-ortho nitro benzene ring substituents is 1. The zero-order chi connectivity index (χ0) is 30.5.